The Labute approximate surface area is 148 Å². The van der Waals surface area contributed by atoms with Crippen LogP contribution in [-0.2, 0) is 11.5 Å². The molecular formula is C16H23ClN4O2Si. The van der Waals surface area contributed by atoms with Crippen molar-refractivity contribution in [2.24, 2.45) is 0 Å². The first-order valence-electron chi connectivity index (χ1n) is 7.92. The van der Waals surface area contributed by atoms with Gasteiger partial charge in [0.25, 0.3) is 0 Å². The minimum Gasteiger partial charge on any atom is -0.474 e. The molecule has 2 heterocycles. The van der Waals surface area contributed by atoms with Gasteiger partial charge in [-0.05, 0) is 31.5 Å². The van der Waals surface area contributed by atoms with E-state index >= 15 is 0 Å². The first-order chi connectivity index (χ1) is 11.2. The van der Waals surface area contributed by atoms with E-state index in [1.165, 1.54) is 0 Å². The summed E-state index contributed by atoms with van der Waals surface area (Å²) in [5.41, 5.74) is 1.00. The smallest absolute Gasteiger partial charge is 0.229 e. The molecule has 0 aliphatic heterocycles. The van der Waals surface area contributed by atoms with E-state index in [2.05, 4.69) is 35.7 Å². The molecule has 6 nitrogen and oxygen atoms in total. The van der Waals surface area contributed by atoms with E-state index in [9.17, 15) is 5.26 Å². The number of fused-ring (bicyclic) bond motifs is 1. The number of nitriles is 1. The predicted octanol–water partition coefficient (Wildman–Crippen LogP) is 4.06. The van der Waals surface area contributed by atoms with Crippen LogP contribution in [0, 0.1) is 11.3 Å². The monoisotopic (exact) mass is 366 g/mol. The molecule has 0 aromatic carbocycles. The zero-order chi connectivity index (χ0) is 17.9. The van der Waals surface area contributed by atoms with Crippen LogP contribution in [0.2, 0.25) is 31.0 Å². The fourth-order valence-electron chi connectivity index (χ4n) is 2.16. The van der Waals surface area contributed by atoms with Crippen LogP contribution in [0.5, 0.6) is 5.88 Å². The van der Waals surface area contributed by atoms with Gasteiger partial charge in [0.05, 0.1) is 17.1 Å². The zero-order valence-corrected chi connectivity index (χ0v) is 16.5. The van der Waals surface area contributed by atoms with E-state index in [0.29, 0.717) is 35.8 Å². The molecule has 0 spiro atoms. The van der Waals surface area contributed by atoms with Gasteiger partial charge in [-0.1, -0.05) is 19.6 Å². The van der Waals surface area contributed by atoms with E-state index in [1.54, 1.807) is 10.8 Å². The van der Waals surface area contributed by atoms with E-state index in [0.717, 1.165) is 6.04 Å². The molecule has 8 heteroatoms. The molecule has 130 valence electrons. The van der Waals surface area contributed by atoms with Gasteiger partial charge < -0.3 is 14.0 Å². The average Bonchev–Trinajstić information content (AvgIpc) is 2.80. The Balaban J connectivity index is 2.31. The highest BCUT2D eigenvalue weighted by molar-refractivity contribution is 6.76. The fraction of sp³-hybridized carbons (Fsp3) is 0.562. The third-order valence-electron chi connectivity index (χ3n) is 3.35. The highest BCUT2D eigenvalue weighted by atomic mass is 35.5. The average molecular weight is 367 g/mol. The Hall–Kier alpha value is -1.62. The minimum atomic E-state index is -1.14. The number of hydrogen-bond acceptors (Lipinski definition) is 5. The lowest BCUT2D eigenvalue weighted by molar-refractivity contribution is 0.0898. The lowest BCUT2D eigenvalue weighted by atomic mass is 10.2. The summed E-state index contributed by atoms with van der Waals surface area (Å²) in [4.78, 5) is 8.38. The molecule has 0 bridgehead atoms. The van der Waals surface area contributed by atoms with Gasteiger partial charge in [-0.25, -0.2) is 0 Å². The molecule has 2 aromatic heterocycles. The summed E-state index contributed by atoms with van der Waals surface area (Å²) >= 11 is 6.02. The van der Waals surface area contributed by atoms with Gasteiger partial charge in [0, 0.05) is 20.9 Å². The number of rotatable bonds is 7. The van der Waals surface area contributed by atoms with Crippen LogP contribution in [0.25, 0.3) is 11.0 Å². The van der Waals surface area contributed by atoms with Crippen LogP contribution in [0.15, 0.2) is 6.20 Å². The highest BCUT2D eigenvalue weighted by Crippen LogP contribution is 2.29. The van der Waals surface area contributed by atoms with Gasteiger partial charge in [0.1, 0.15) is 12.8 Å². The Morgan fingerprint density at radius 2 is 2.04 bits per heavy atom. The topological polar surface area (TPSA) is 73.0 Å². The van der Waals surface area contributed by atoms with Crippen molar-refractivity contribution < 1.29 is 9.47 Å². The van der Waals surface area contributed by atoms with Gasteiger partial charge >= 0.3 is 0 Å². The third-order valence-corrected chi connectivity index (χ3v) is 5.22. The Bertz CT molecular complexity index is 762. The van der Waals surface area contributed by atoms with Crippen LogP contribution in [0.1, 0.15) is 19.4 Å². The van der Waals surface area contributed by atoms with Gasteiger partial charge in [0.15, 0.2) is 5.65 Å². The summed E-state index contributed by atoms with van der Waals surface area (Å²) in [5, 5.41) is 10.1. The maximum absolute atomic E-state index is 9.41. The minimum absolute atomic E-state index is 0.0814. The van der Waals surface area contributed by atoms with Crippen molar-refractivity contribution in [2.75, 3.05) is 6.61 Å². The quantitative estimate of drug-likeness (QED) is 0.419. The molecule has 0 fully saturated rings. The summed E-state index contributed by atoms with van der Waals surface area (Å²) in [6.45, 7) is 11.7. The van der Waals surface area contributed by atoms with Crippen molar-refractivity contribution in [3.05, 3.63) is 17.0 Å². The van der Waals surface area contributed by atoms with Gasteiger partial charge in [-0.2, -0.15) is 15.2 Å². The molecule has 0 radical (unpaired) electrons. The summed E-state index contributed by atoms with van der Waals surface area (Å²) < 4.78 is 13.2. The number of ether oxygens (including phenoxy) is 2. The maximum atomic E-state index is 9.41. The van der Waals surface area contributed by atoms with Gasteiger partial charge in [-0.15, -0.1) is 0 Å². The molecule has 0 N–H and O–H groups in total. The van der Waals surface area contributed by atoms with Crippen LogP contribution in [0.4, 0.5) is 0 Å². The van der Waals surface area contributed by atoms with Crippen molar-refractivity contribution in [1.29, 1.82) is 5.26 Å². The predicted molar refractivity (Wildman–Crippen MR) is 97.1 cm³/mol. The van der Waals surface area contributed by atoms with Crippen LogP contribution < -0.4 is 4.74 Å². The molecular weight excluding hydrogens is 344 g/mol. The second-order valence-corrected chi connectivity index (χ2v) is 13.1. The Morgan fingerprint density at radius 3 is 2.62 bits per heavy atom. The normalized spacial score (nSPS) is 11.9. The van der Waals surface area contributed by atoms with Crippen LogP contribution in [-0.4, -0.2) is 35.3 Å². The first kappa shape index (κ1) is 18.7. The number of nitrogens with zero attached hydrogens (tertiary/aromatic N) is 4. The second kappa shape index (κ2) is 7.51. The number of halogens is 1. The third kappa shape index (κ3) is 4.69. The van der Waals surface area contributed by atoms with Crippen LogP contribution in [0.3, 0.4) is 0 Å². The van der Waals surface area contributed by atoms with E-state index in [-0.39, 0.29) is 11.4 Å². The zero-order valence-electron chi connectivity index (χ0n) is 14.8. The Morgan fingerprint density at radius 1 is 1.33 bits per heavy atom. The molecule has 2 rings (SSSR count). The molecule has 0 unspecified atom stereocenters. The summed E-state index contributed by atoms with van der Waals surface area (Å²) in [6.07, 6.45) is 1.62. The largest absolute Gasteiger partial charge is 0.474 e. The molecule has 0 amide bonds. The molecule has 0 atom stereocenters. The van der Waals surface area contributed by atoms with Gasteiger partial charge in [-0.3, -0.25) is 0 Å². The fourth-order valence-corrected chi connectivity index (χ4v) is 3.08. The first-order valence-corrected chi connectivity index (χ1v) is 12.0. The van der Waals surface area contributed by atoms with E-state index in [1.807, 2.05) is 13.8 Å². The lowest BCUT2D eigenvalue weighted by Gasteiger charge is -2.15. The molecule has 24 heavy (non-hydrogen) atoms. The summed E-state index contributed by atoms with van der Waals surface area (Å²) in [6, 6.07) is 3.24. The van der Waals surface area contributed by atoms with Crippen molar-refractivity contribution in [1.82, 2.24) is 14.5 Å². The number of aromatic nitrogens is 3. The Kier molecular flexibility index (Phi) is 5.86. The van der Waals surface area contributed by atoms with E-state index < -0.39 is 8.07 Å². The van der Waals surface area contributed by atoms with E-state index in [4.69, 9.17) is 21.1 Å². The van der Waals surface area contributed by atoms with Crippen LogP contribution >= 0.6 is 11.6 Å². The molecule has 0 aliphatic carbocycles. The molecule has 0 saturated heterocycles. The molecule has 0 aliphatic rings. The standard InChI is InChI=1S/C16H23ClN4O2Si/c1-11(2)23-15-13-12(8-18)9-21(14(13)19-16(17)20-15)10-22-6-7-24(3,4)5/h9,11H,6-7,10H2,1-5H3. The number of hydrogen-bond donors (Lipinski definition) is 0. The maximum Gasteiger partial charge on any atom is 0.229 e. The highest BCUT2D eigenvalue weighted by Gasteiger charge is 2.19. The lowest BCUT2D eigenvalue weighted by Crippen LogP contribution is -2.22. The second-order valence-electron chi connectivity index (χ2n) is 7.14. The molecule has 2 aromatic rings. The van der Waals surface area contributed by atoms with Crippen molar-refractivity contribution >= 4 is 30.7 Å². The van der Waals surface area contributed by atoms with Crippen molar-refractivity contribution in [2.45, 2.75) is 52.4 Å². The summed E-state index contributed by atoms with van der Waals surface area (Å²) in [5.74, 6) is 0.331. The van der Waals surface area contributed by atoms with Crippen molar-refractivity contribution in [3.63, 3.8) is 0 Å². The SMILES string of the molecule is CC(C)Oc1nc(Cl)nc2c1c(C#N)cn2COCC[Si](C)(C)C. The van der Waals surface area contributed by atoms with Crippen molar-refractivity contribution in [3.8, 4) is 11.9 Å². The van der Waals surface area contributed by atoms with Gasteiger partial charge in [0.2, 0.25) is 11.2 Å². The summed E-state index contributed by atoms with van der Waals surface area (Å²) in [7, 11) is -1.14. The molecule has 0 saturated carbocycles.